The number of carbonyl (C=O) groups is 1. The van der Waals surface area contributed by atoms with Crippen molar-refractivity contribution < 1.29 is 22.9 Å². The fraction of sp³-hybridized carbons (Fsp3) is 0.263. The highest BCUT2D eigenvalue weighted by Gasteiger charge is 2.33. The maximum absolute atomic E-state index is 13.0. The molecule has 0 saturated heterocycles. The van der Waals surface area contributed by atoms with Gasteiger partial charge in [0.15, 0.2) is 0 Å². The van der Waals surface area contributed by atoms with Gasteiger partial charge in [-0.25, -0.2) is 9.56 Å². The Kier molecular flexibility index (Phi) is 6.06. The molecular formula is C19H21N2O5P. The van der Waals surface area contributed by atoms with Gasteiger partial charge in [-0.1, -0.05) is 30.3 Å². The molecule has 0 bridgehead atoms. The molecule has 7 nitrogen and oxygen atoms in total. The number of benzene rings is 2. The summed E-state index contributed by atoms with van der Waals surface area (Å²) in [5.41, 5.74) is 1.73. The van der Waals surface area contributed by atoms with E-state index in [1.165, 1.54) is 4.90 Å². The molecule has 0 unspecified atom stereocenters. The molecule has 0 spiro atoms. The normalized spacial score (nSPS) is 13.7. The van der Waals surface area contributed by atoms with E-state index in [9.17, 15) is 9.36 Å². The highest BCUT2D eigenvalue weighted by molar-refractivity contribution is 7.49. The number of fused-ring (bicyclic) bond motifs is 1. The zero-order chi connectivity index (χ0) is 19.3. The van der Waals surface area contributed by atoms with Crippen LogP contribution in [0.4, 0.5) is 11.4 Å². The van der Waals surface area contributed by atoms with Crippen molar-refractivity contribution in [1.29, 1.82) is 0 Å². The lowest BCUT2D eigenvalue weighted by Gasteiger charge is -2.29. The van der Waals surface area contributed by atoms with Crippen LogP contribution in [0.2, 0.25) is 0 Å². The SMILES string of the molecule is CCOP(=O)(OCC)OC1=Nc2ccccc2N(C(=O)c2ccccc2)C1. The summed E-state index contributed by atoms with van der Waals surface area (Å²) >= 11 is 0. The summed E-state index contributed by atoms with van der Waals surface area (Å²) in [7, 11) is -3.80. The third kappa shape index (κ3) is 4.45. The topological polar surface area (TPSA) is 77.4 Å². The minimum Gasteiger partial charge on any atom is -0.388 e. The molecule has 1 heterocycles. The number of carbonyl (C=O) groups excluding carboxylic acids is 1. The van der Waals surface area contributed by atoms with E-state index in [2.05, 4.69) is 4.99 Å². The minimum absolute atomic E-state index is 0.0227. The lowest BCUT2D eigenvalue weighted by Crippen LogP contribution is -2.38. The Labute approximate surface area is 158 Å². The van der Waals surface area contributed by atoms with Crippen LogP contribution in [0, 0.1) is 0 Å². The number of nitrogens with zero attached hydrogens (tertiary/aromatic N) is 2. The number of hydrogen-bond donors (Lipinski definition) is 0. The Morgan fingerprint density at radius 2 is 1.67 bits per heavy atom. The van der Waals surface area contributed by atoms with Gasteiger partial charge < -0.3 is 4.52 Å². The Morgan fingerprint density at radius 3 is 2.33 bits per heavy atom. The van der Waals surface area contributed by atoms with Gasteiger partial charge in [0, 0.05) is 5.56 Å². The van der Waals surface area contributed by atoms with Crippen molar-refractivity contribution in [2.45, 2.75) is 13.8 Å². The molecule has 8 heteroatoms. The molecule has 1 aliphatic heterocycles. The average molecular weight is 388 g/mol. The third-order valence-electron chi connectivity index (χ3n) is 3.77. The van der Waals surface area contributed by atoms with Gasteiger partial charge in [0.1, 0.15) is 6.54 Å². The second-order valence-corrected chi connectivity index (χ2v) is 7.22. The van der Waals surface area contributed by atoms with Gasteiger partial charge in [0.25, 0.3) is 5.91 Å². The van der Waals surface area contributed by atoms with E-state index in [-0.39, 0.29) is 31.6 Å². The second-order valence-electron chi connectivity index (χ2n) is 5.63. The number of phosphoric ester groups is 1. The molecule has 0 radical (unpaired) electrons. The molecule has 0 fully saturated rings. The van der Waals surface area contributed by atoms with Gasteiger partial charge >= 0.3 is 7.82 Å². The van der Waals surface area contributed by atoms with Gasteiger partial charge in [-0.3, -0.25) is 18.7 Å². The Hall–Kier alpha value is -2.47. The monoisotopic (exact) mass is 388 g/mol. The minimum atomic E-state index is -3.80. The van der Waals surface area contributed by atoms with Crippen LogP contribution in [0.25, 0.3) is 0 Å². The summed E-state index contributed by atoms with van der Waals surface area (Å²) in [6.45, 7) is 3.73. The zero-order valence-corrected chi connectivity index (χ0v) is 16.1. The smallest absolute Gasteiger partial charge is 0.388 e. The van der Waals surface area contributed by atoms with Crippen LogP contribution in [0.15, 0.2) is 59.6 Å². The quantitative estimate of drug-likeness (QED) is 0.677. The van der Waals surface area contributed by atoms with Gasteiger partial charge in [-0.05, 0) is 38.1 Å². The molecule has 1 aliphatic rings. The van der Waals surface area contributed by atoms with Crippen LogP contribution in [0.1, 0.15) is 24.2 Å². The Bertz CT molecular complexity index is 875. The van der Waals surface area contributed by atoms with Crippen LogP contribution in [-0.2, 0) is 18.1 Å². The number of anilines is 1. The highest BCUT2D eigenvalue weighted by atomic mass is 31.2. The van der Waals surface area contributed by atoms with Gasteiger partial charge in [0.2, 0.25) is 5.90 Å². The van der Waals surface area contributed by atoms with Gasteiger partial charge in [0.05, 0.1) is 24.6 Å². The van der Waals surface area contributed by atoms with Crippen LogP contribution in [0.5, 0.6) is 0 Å². The number of phosphoric acid groups is 1. The van der Waals surface area contributed by atoms with Crippen LogP contribution < -0.4 is 4.90 Å². The van der Waals surface area contributed by atoms with Crippen molar-refractivity contribution in [1.82, 2.24) is 0 Å². The first-order valence-electron chi connectivity index (χ1n) is 8.68. The zero-order valence-electron chi connectivity index (χ0n) is 15.2. The van der Waals surface area contributed by atoms with Crippen molar-refractivity contribution in [3.8, 4) is 0 Å². The van der Waals surface area contributed by atoms with Crippen molar-refractivity contribution in [3.63, 3.8) is 0 Å². The predicted molar refractivity (Wildman–Crippen MR) is 104 cm³/mol. The maximum Gasteiger partial charge on any atom is 0.531 e. The number of aliphatic imine (C=N–C) groups is 1. The predicted octanol–water partition coefficient (Wildman–Crippen LogP) is 4.57. The summed E-state index contributed by atoms with van der Waals surface area (Å²) in [5.74, 6) is -0.107. The van der Waals surface area contributed by atoms with E-state index >= 15 is 0 Å². The first-order valence-corrected chi connectivity index (χ1v) is 10.1. The summed E-state index contributed by atoms with van der Waals surface area (Å²) in [5, 5.41) is 0. The van der Waals surface area contributed by atoms with E-state index < -0.39 is 7.82 Å². The number of rotatable bonds is 6. The number of hydrogen-bond acceptors (Lipinski definition) is 6. The van der Waals surface area contributed by atoms with Crippen LogP contribution >= 0.6 is 7.82 Å². The van der Waals surface area contributed by atoms with Gasteiger partial charge in [-0.15, -0.1) is 0 Å². The fourth-order valence-corrected chi connectivity index (χ4v) is 3.85. The van der Waals surface area contributed by atoms with Crippen LogP contribution in [0.3, 0.4) is 0 Å². The van der Waals surface area contributed by atoms with Crippen molar-refractivity contribution in [2.75, 3.05) is 24.7 Å². The van der Waals surface area contributed by atoms with E-state index in [4.69, 9.17) is 13.6 Å². The summed E-state index contributed by atoms with van der Waals surface area (Å²) in [4.78, 5) is 18.9. The first kappa shape index (κ1) is 19.3. The standard InChI is InChI=1S/C19H21N2O5P/c1-3-24-27(23,25-4-2)26-18-14-21(17-13-9-8-12-16(17)20-18)19(22)15-10-6-5-7-11-15/h5-13H,3-4,14H2,1-2H3. The van der Waals surface area contributed by atoms with E-state index in [0.29, 0.717) is 16.9 Å². The fourth-order valence-electron chi connectivity index (χ4n) is 2.68. The van der Waals surface area contributed by atoms with Crippen molar-refractivity contribution in [3.05, 3.63) is 60.2 Å². The largest absolute Gasteiger partial charge is 0.531 e. The van der Waals surface area contributed by atoms with E-state index in [1.807, 2.05) is 12.1 Å². The summed E-state index contributed by atoms with van der Waals surface area (Å²) in [6, 6.07) is 16.1. The number of amides is 1. The molecule has 0 N–H and O–H groups in total. The molecule has 0 aromatic heterocycles. The summed E-state index contributed by atoms with van der Waals surface area (Å²) in [6.07, 6.45) is 0. The van der Waals surface area contributed by atoms with Crippen molar-refractivity contribution in [2.24, 2.45) is 4.99 Å². The Morgan fingerprint density at radius 1 is 1.04 bits per heavy atom. The molecule has 0 atom stereocenters. The molecule has 1 amide bonds. The molecular weight excluding hydrogens is 367 g/mol. The lowest BCUT2D eigenvalue weighted by molar-refractivity contribution is 0.0987. The first-order chi connectivity index (χ1) is 13.1. The summed E-state index contributed by atoms with van der Waals surface area (Å²) < 4.78 is 28.5. The highest BCUT2D eigenvalue weighted by Crippen LogP contribution is 2.50. The molecule has 0 saturated carbocycles. The second kappa shape index (κ2) is 8.48. The molecule has 0 aliphatic carbocycles. The lowest BCUT2D eigenvalue weighted by atomic mass is 10.1. The van der Waals surface area contributed by atoms with E-state index in [0.717, 1.165) is 0 Å². The third-order valence-corrected chi connectivity index (χ3v) is 5.35. The van der Waals surface area contributed by atoms with Crippen LogP contribution in [-0.4, -0.2) is 31.6 Å². The van der Waals surface area contributed by atoms with Gasteiger partial charge in [-0.2, -0.15) is 0 Å². The molecule has 2 aromatic rings. The molecule has 3 rings (SSSR count). The average Bonchev–Trinajstić information content (AvgIpc) is 2.67. The molecule has 2 aromatic carbocycles. The Balaban J connectivity index is 1.93. The van der Waals surface area contributed by atoms with E-state index in [1.54, 1.807) is 56.3 Å². The maximum atomic E-state index is 13.0. The molecule has 27 heavy (non-hydrogen) atoms. The number of para-hydroxylation sites is 2. The van der Waals surface area contributed by atoms with Crippen molar-refractivity contribution >= 4 is 31.0 Å². The molecule has 142 valence electrons.